The topological polar surface area (TPSA) is 43.1 Å². The molecule has 12 heavy (non-hydrogen) atoms. The predicted molar refractivity (Wildman–Crippen MR) is 53.6 cm³/mol. The molecule has 0 aromatic carbocycles. The predicted octanol–water partition coefficient (Wildman–Crippen LogP) is 1.29. The fourth-order valence-electron chi connectivity index (χ4n) is 0.985. The highest BCUT2D eigenvalue weighted by molar-refractivity contribution is 7.83. The monoisotopic (exact) mass is 187 g/mol. The number of nitrogens with two attached hydrogens (primary N) is 1. The Morgan fingerprint density at radius 2 is 2.00 bits per heavy atom. The van der Waals surface area contributed by atoms with Crippen LogP contribution >= 0.6 is 0 Å². The van der Waals surface area contributed by atoms with Gasteiger partial charge in [-0.15, -0.1) is 12.3 Å². The Balaban J connectivity index is 4.05. The first-order valence-corrected chi connectivity index (χ1v) is 5.37. The van der Waals surface area contributed by atoms with E-state index in [0.717, 1.165) is 6.42 Å². The molecule has 0 saturated heterocycles. The molecule has 0 bridgehead atoms. The van der Waals surface area contributed by atoms with Crippen molar-refractivity contribution in [2.45, 2.75) is 32.4 Å². The third kappa shape index (κ3) is 3.89. The standard InChI is InChI=1S/C9H17NOS/c1-5-9(7(2)3)6-8(4)12(10)11/h1,7-9H,6,10H2,2-4H3/t8?,9-,12?/m0/s1. The zero-order valence-electron chi connectivity index (χ0n) is 7.91. The average Bonchev–Trinajstić information content (AvgIpc) is 1.98. The lowest BCUT2D eigenvalue weighted by atomic mass is 9.92. The maximum atomic E-state index is 10.8. The molecule has 3 atom stereocenters. The lowest BCUT2D eigenvalue weighted by Gasteiger charge is -2.17. The molecule has 2 N–H and O–H groups in total. The molecule has 3 heteroatoms. The molecule has 2 nitrogen and oxygen atoms in total. The third-order valence-electron chi connectivity index (χ3n) is 2.00. The fraction of sp³-hybridized carbons (Fsp3) is 0.778. The van der Waals surface area contributed by atoms with Crippen molar-refractivity contribution in [1.82, 2.24) is 0 Å². The molecule has 0 saturated carbocycles. The van der Waals surface area contributed by atoms with Crippen LogP contribution in [0.25, 0.3) is 0 Å². The number of terminal acetylenes is 1. The van der Waals surface area contributed by atoms with Gasteiger partial charge in [-0.05, 0) is 19.3 Å². The minimum atomic E-state index is -1.24. The van der Waals surface area contributed by atoms with E-state index in [4.69, 9.17) is 11.6 Å². The van der Waals surface area contributed by atoms with Crippen LogP contribution in [0.15, 0.2) is 0 Å². The molecule has 2 unspecified atom stereocenters. The van der Waals surface area contributed by atoms with Crippen molar-refractivity contribution >= 4 is 11.0 Å². The van der Waals surface area contributed by atoms with Gasteiger partial charge in [-0.2, -0.15) is 0 Å². The summed E-state index contributed by atoms with van der Waals surface area (Å²) in [4.78, 5) is 0. The van der Waals surface area contributed by atoms with Gasteiger partial charge in [0.1, 0.15) is 0 Å². The summed E-state index contributed by atoms with van der Waals surface area (Å²) in [5, 5.41) is 5.24. The maximum absolute atomic E-state index is 10.8. The quantitative estimate of drug-likeness (QED) is 0.662. The van der Waals surface area contributed by atoms with Crippen molar-refractivity contribution in [1.29, 1.82) is 0 Å². The summed E-state index contributed by atoms with van der Waals surface area (Å²) < 4.78 is 10.8. The zero-order valence-corrected chi connectivity index (χ0v) is 8.73. The molecule has 0 fully saturated rings. The largest absolute Gasteiger partial charge is 0.252 e. The highest BCUT2D eigenvalue weighted by Gasteiger charge is 2.16. The van der Waals surface area contributed by atoms with Crippen LogP contribution < -0.4 is 5.14 Å². The summed E-state index contributed by atoms with van der Waals surface area (Å²) in [6.07, 6.45) is 6.08. The fourth-order valence-corrected chi connectivity index (χ4v) is 1.38. The molecule has 0 aliphatic rings. The Bertz CT molecular complexity index is 195. The van der Waals surface area contributed by atoms with Crippen LogP contribution in [0.4, 0.5) is 0 Å². The lowest BCUT2D eigenvalue weighted by Crippen LogP contribution is -2.23. The van der Waals surface area contributed by atoms with Gasteiger partial charge in [-0.25, -0.2) is 4.21 Å². The van der Waals surface area contributed by atoms with Gasteiger partial charge in [0, 0.05) is 11.2 Å². The lowest BCUT2D eigenvalue weighted by molar-refractivity contribution is 0.448. The van der Waals surface area contributed by atoms with Crippen molar-refractivity contribution in [2.75, 3.05) is 0 Å². The van der Waals surface area contributed by atoms with Gasteiger partial charge in [0.15, 0.2) is 0 Å². The second-order valence-electron chi connectivity index (χ2n) is 3.39. The van der Waals surface area contributed by atoms with E-state index in [9.17, 15) is 4.21 Å². The maximum Gasteiger partial charge on any atom is 0.0917 e. The molecule has 0 spiro atoms. The van der Waals surface area contributed by atoms with Gasteiger partial charge >= 0.3 is 0 Å². The molecule has 0 heterocycles. The minimum Gasteiger partial charge on any atom is -0.252 e. The van der Waals surface area contributed by atoms with E-state index >= 15 is 0 Å². The molecule has 0 aliphatic carbocycles. The number of rotatable bonds is 4. The van der Waals surface area contributed by atoms with Crippen LogP contribution in [-0.2, 0) is 11.0 Å². The van der Waals surface area contributed by atoms with E-state index < -0.39 is 11.0 Å². The second-order valence-corrected chi connectivity index (χ2v) is 4.85. The number of hydrogen-bond acceptors (Lipinski definition) is 1. The van der Waals surface area contributed by atoms with Crippen molar-refractivity contribution < 1.29 is 4.21 Å². The van der Waals surface area contributed by atoms with E-state index in [1.165, 1.54) is 0 Å². The molecular formula is C9H17NOS. The van der Waals surface area contributed by atoms with Gasteiger partial charge in [-0.1, -0.05) is 13.8 Å². The highest BCUT2D eigenvalue weighted by Crippen LogP contribution is 2.17. The smallest absolute Gasteiger partial charge is 0.0917 e. The van der Waals surface area contributed by atoms with Gasteiger partial charge in [0.25, 0.3) is 0 Å². The van der Waals surface area contributed by atoms with E-state index in [-0.39, 0.29) is 11.2 Å². The highest BCUT2D eigenvalue weighted by atomic mass is 32.2. The Labute approximate surface area is 77.5 Å². The van der Waals surface area contributed by atoms with Gasteiger partial charge in [0.05, 0.1) is 11.0 Å². The van der Waals surface area contributed by atoms with Crippen LogP contribution in [0.1, 0.15) is 27.2 Å². The summed E-state index contributed by atoms with van der Waals surface area (Å²) in [6.45, 7) is 6.00. The Morgan fingerprint density at radius 1 is 1.50 bits per heavy atom. The van der Waals surface area contributed by atoms with E-state index in [1.807, 2.05) is 6.92 Å². The van der Waals surface area contributed by atoms with Crippen molar-refractivity contribution in [3.05, 3.63) is 0 Å². The van der Waals surface area contributed by atoms with Crippen molar-refractivity contribution in [3.8, 4) is 12.3 Å². The molecular weight excluding hydrogens is 170 g/mol. The number of hydrogen-bond donors (Lipinski definition) is 1. The van der Waals surface area contributed by atoms with Crippen LogP contribution in [0, 0.1) is 24.2 Å². The summed E-state index contributed by atoms with van der Waals surface area (Å²) in [5.41, 5.74) is 0. The molecule has 0 aromatic heterocycles. The first-order chi connectivity index (χ1) is 5.49. The van der Waals surface area contributed by atoms with Crippen molar-refractivity contribution in [2.24, 2.45) is 17.0 Å². The molecule has 0 rings (SSSR count). The summed E-state index contributed by atoms with van der Waals surface area (Å²) in [7, 11) is -1.24. The van der Waals surface area contributed by atoms with E-state index in [2.05, 4.69) is 19.8 Å². The summed E-state index contributed by atoms with van der Waals surface area (Å²) in [6, 6.07) is 0. The second kappa shape index (κ2) is 5.34. The first kappa shape index (κ1) is 11.7. The third-order valence-corrected chi connectivity index (χ3v) is 2.99. The van der Waals surface area contributed by atoms with Gasteiger partial charge in [-0.3, -0.25) is 5.14 Å². The van der Waals surface area contributed by atoms with Crippen LogP contribution in [0.2, 0.25) is 0 Å². The average molecular weight is 187 g/mol. The van der Waals surface area contributed by atoms with Gasteiger partial charge in [0.2, 0.25) is 0 Å². The van der Waals surface area contributed by atoms with E-state index in [1.54, 1.807) is 0 Å². The Hall–Kier alpha value is -0.330. The van der Waals surface area contributed by atoms with Gasteiger partial charge < -0.3 is 0 Å². The van der Waals surface area contributed by atoms with Crippen molar-refractivity contribution in [3.63, 3.8) is 0 Å². The molecule has 0 amide bonds. The molecule has 0 aromatic rings. The Kier molecular flexibility index (Phi) is 5.19. The zero-order chi connectivity index (χ0) is 9.72. The minimum absolute atomic E-state index is 0.00606. The summed E-state index contributed by atoms with van der Waals surface area (Å²) in [5.74, 6) is 3.32. The SMILES string of the molecule is C#C[C@@H](CC(C)S(N)=O)C(C)C. The normalized spacial score (nSPS) is 18.3. The first-order valence-electron chi connectivity index (χ1n) is 4.10. The summed E-state index contributed by atoms with van der Waals surface area (Å²) >= 11 is 0. The molecule has 0 aliphatic heterocycles. The van der Waals surface area contributed by atoms with E-state index in [0.29, 0.717) is 5.92 Å². The molecule has 0 radical (unpaired) electrons. The molecule has 70 valence electrons. The van der Waals surface area contributed by atoms with Crippen LogP contribution in [0.3, 0.4) is 0 Å². The Morgan fingerprint density at radius 3 is 2.25 bits per heavy atom. The van der Waals surface area contributed by atoms with Crippen LogP contribution in [-0.4, -0.2) is 9.46 Å². The van der Waals surface area contributed by atoms with Crippen LogP contribution in [0.5, 0.6) is 0 Å².